The number of nitrogens with zero attached hydrogens (tertiary/aromatic N) is 3. The molecule has 0 radical (unpaired) electrons. The van der Waals surface area contributed by atoms with Crippen LogP contribution in [0, 0.1) is 6.92 Å². The highest BCUT2D eigenvalue weighted by Crippen LogP contribution is 1.94. The lowest BCUT2D eigenvalue weighted by Crippen LogP contribution is -2.13. The van der Waals surface area contributed by atoms with Gasteiger partial charge in [0.1, 0.15) is 0 Å². The highest BCUT2D eigenvalue weighted by molar-refractivity contribution is 5.79. The van der Waals surface area contributed by atoms with Crippen molar-refractivity contribution in [3.8, 4) is 0 Å². The number of aromatic amines is 1. The summed E-state index contributed by atoms with van der Waals surface area (Å²) in [6, 6.07) is 9.55. The van der Waals surface area contributed by atoms with Gasteiger partial charge in [-0.05, 0) is 12.5 Å². The molecule has 0 atom stereocenters. The van der Waals surface area contributed by atoms with E-state index in [0.717, 1.165) is 5.56 Å². The third kappa shape index (κ3) is 2.01. The van der Waals surface area contributed by atoms with Crippen molar-refractivity contribution in [1.82, 2.24) is 14.9 Å². The first kappa shape index (κ1) is 9.39. The zero-order chi connectivity index (χ0) is 10.7. The molecule has 1 aromatic heterocycles. The first-order valence-electron chi connectivity index (χ1n) is 4.51. The monoisotopic (exact) mass is 202 g/mol. The summed E-state index contributed by atoms with van der Waals surface area (Å²) in [6.45, 7) is 1.71. The van der Waals surface area contributed by atoms with Gasteiger partial charge in [0, 0.05) is 0 Å². The van der Waals surface area contributed by atoms with Crippen LogP contribution in [0.15, 0.2) is 40.2 Å². The molecular formula is C10H10N4O. The smallest absolute Gasteiger partial charge is 0.244 e. The molecule has 0 amide bonds. The van der Waals surface area contributed by atoms with Crippen molar-refractivity contribution < 1.29 is 0 Å². The number of rotatable bonds is 2. The largest absolute Gasteiger partial charge is 0.364 e. The fourth-order valence-electron chi connectivity index (χ4n) is 1.17. The van der Waals surface area contributed by atoms with E-state index >= 15 is 0 Å². The quantitative estimate of drug-likeness (QED) is 0.731. The summed E-state index contributed by atoms with van der Waals surface area (Å²) >= 11 is 0. The van der Waals surface area contributed by atoms with Crippen molar-refractivity contribution in [2.24, 2.45) is 5.10 Å². The second-order valence-electron chi connectivity index (χ2n) is 3.04. The van der Waals surface area contributed by atoms with Crippen LogP contribution in [0.2, 0.25) is 0 Å². The molecule has 0 aliphatic heterocycles. The van der Waals surface area contributed by atoms with Crippen LogP contribution in [-0.4, -0.2) is 21.1 Å². The van der Waals surface area contributed by atoms with E-state index in [0.29, 0.717) is 5.82 Å². The Morgan fingerprint density at radius 2 is 2.13 bits per heavy atom. The normalized spacial score (nSPS) is 11.0. The molecule has 0 saturated carbocycles. The van der Waals surface area contributed by atoms with Gasteiger partial charge in [-0.3, -0.25) is 0 Å². The highest BCUT2D eigenvalue weighted by atomic mass is 16.2. The van der Waals surface area contributed by atoms with Gasteiger partial charge in [0.2, 0.25) is 0 Å². The topological polar surface area (TPSA) is 63.0 Å². The maximum Gasteiger partial charge on any atom is 0.364 e. The highest BCUT2D eigenvalue weighted by Gasteiger charge is 1.99. The van der Waals surface area contributed by atoms with Gasteiger partial charge >= 0.3 is 5.69 Å². The van der Waals surface area contributed by atoms with Gasteiger partial charge in [0.25, 0.3) is 0 Å². The van der Waals surface area contributed by atoms with Gasteiger partial charge in [0.05, 0.1) is 6.21 Å². The van der Waals surface area contributed by atoms with E-state index in [4.69, 9.17) is 0 Å². The fraction of sp³-hybridized carbons (Fsp3) is 0.100. The molecule has 0 fully saturated rings. The van der Waals surface area contributed by atoms with Crippen LogP contribution in [0.1, 0.15) is 11.4 Å². The molecule has 1 heterocycles. The van der Waals surface area contributed by atoms with Crippen LogP contribution >= 0.6 is 0 Å². The SMILES string of the molecule is Cc1n[nH]c(=O)n1N=Cc1ccccc1. The minimum atomic E-state index is -0.334. The van der Waals surface area contributed by atoms with E-state index in [9.17, 15) is 4.79 Å². The fourth-order valence-corrected chi connectivity index (χ4v) is 1.17. The summed E-state index contributed by atoms with van der Waals surface area (Å²) in [5.74, 6) is 0.534. The van der Waals surface area contributed by atoms with E-state index in [1.807, 2.05) is 30.3 Å². The molecule has 0 bridgehead atoms. The first-order valence-corrected chi connectivity index (χ1v) is 4.51. The van der Waals surface area contributed by atoms with Crippen LogP contribution in [0.25, 0.3) is 0 Å². The Morgan fingerprint density at radius 1 is 1.40 bits per heavy atom. The van der Waals surface area contributed by atoms with E-state index in [2.05, 4.69) is 15.3 Å². The zero-order valence-electron chi connectivity index (χ0n) is 8.21. The van der Waals surface area contributed by atoms with Crippen molar-refractivity contribution >= 4 is 6.21 Å². The molecule has 0 unspecified atom stereocenters. The molecular weight excluding hydrogens is 192 g/mol. The summed E-state index contributed by atoms with van der Waals surface area (Å²) in [5, 5.41) is 10.1. The van der Waals surface area contributed by atoms with Crippen molar-refractivity contribution in [3.05, 3.63) is 52.2 Å². The predicted molar refractivity (Wildman–Crippen MR) is 57.0 cm³/mol. The van der Waals surface area contributed by atoms with E-state index in [1.54, 1.807) is 13.1 Å². The van der Waals surface area contributed by atoms with Crippen LogP contribution in [0.3, 0.4) is 0 Å². The van der Waals surface area contributed by atoms with Gasteiger partial charge in [-0.15, -0.1) is 0 Å². The van der Waals surface area contributed by atoms with Crippen molar-refractivity contribution in [3.63, 3.8) is 0 Å². The number of aryl methyl sites for hydroxylation is 1. The summed E-state index contributed by atoms with van der Waals surface area (Å²) < 4.78 is 1.22. The van der Waals surface area contributed by atoms with Gasteiger partial charge in [-0.25, -0.2) is 9.89 Å². The Labute approximate surface area is 86.1 Å². The second-order valence-corrected chi connectivity index (χ2v) is 3.04. The second kappa shape index (κ2) is 3.91. The summed E-state index contributed by atoms with van der Waals surface area (Å²) in [6.07, 6.45) is 1.62. The number of benzene rings is 1. The molecule has 0 saturated heterocycles. The van der Waals surface area contributed by atoms with E-state index in [1.165, 1.54) is 4.68 Å². The molecule has 5 heteroatoms. The summed E-state index contributed by atoms with van der Waals surface area (Å²) in [5.41, 5.74) is 0.602. The lowest BCUT2D eigenvalue weighted by Gasteiger charge is -1.92. The van der Waals surface area contributed by atoms with Crippen LogP contribution in [0.4, 0.5) is 0 Å². The predicted octanol–water partition coefficient (Wildman–Crippen LogP) is 0.762. The number of aromatic nitrogens is 3. The Morgan fingerprint density at radius 3 is 2.73 bits per heavy atom. The molecule has 15 heavy (non-hydrogen) atoms. The summed E-state index contributed by atoms with van der Waals surface area (Å²) in [4.78, 5) is 11.2. The van der Waals surface area contributed by atoms with Crippen molar-refractivity contribution in [1.29, 1.82) is 0 Å². The lowest BCUT2D eigenvalue weighted by molar-refractivity contribution is 0.800. The molecule has 2 aromatic rings. The van der Waals surface area contributed by atoms with Gasteiger partial charge in [0.15, 0.2) is 5.82 Å². The third-order valence-corrected chi connectivity index (χ3v) is 1.93. The van der Waals surface area contributed by atoms with Crippen molar-refractivity contribution in [2.75, 3.05) is 0 Å². The molecule has 2 rings (SSSR count). The Bertz CT molecular complexity index is 524. The number of nitrogens with one attached hydrogen (secondary N) is 1. The van der Waals surface area contributed by atoms with Crippen molar-refractivity contribution in [2.45, 2.75) is 6.92 Å². The molecule has 0 spiro atoms. The van der Waals surface area contributed by atoms with Gasteiger partial charge in [-0.2, -0.15) is 14.9 Å². The van der Waals surface area contributed by atoms with E-state index < -0.39 is 0 Å². The van der Waals surface area contributed by atoms with Gasteiger partial charge in [-0.1, -0.05) is 30.3 Å². The average Bonchev–Trinajstić information content (AvgIpc) is 2.58. The maximum atomic E-state index is 11.2. The number of hydrogen-bond donors (Lipinski definition) is 1. The number of H-pyrrole nitrogens is 1. The zero-order valence-corrected chi connectivity index (χ0v) is 8.21. The first-order chi connectivity index (χ1) is 7.27. The molecule has 76 valence electrons. The lowest BCUT2D eigenvalue weighted by atomic mass is 10.2. The Balaban J connectivity index is 2.30. The Hall–Kier alpha value is -2.17. The van der Waals surface area contributed by atoms with Crippen LogP contribution in [-0.2, 0) is 0 Å². The standard InChI is InChI=1S/C10H10N4O/c1-8-12-13-10(15)14(8)11-7-9-5-3-2-4-6-9/h2-7H,1H3,(H,13,15). The molecule has 0 aliphatic carbocycles. The molecule has 1 N–H and O–H groups in total. The Kier molecular flexibility index (Phi) is 2.45. The van der Waals surface area contributed by atoms with Crippen LogP contribution in [0.5, 0.6) is 0 Å². The number of hydrogen-bond acceptors (Lipinski definition) is 3. The van der Waals surface area contributed by atoms with Gasteiger partial charge < -0.3 is 0 Å². The molecule has 0 aliphatic rings. The van der Waals surface area contributed by atoms with Crippen LogP contribution < -0.4 is 5.69 Å². The average molecular weight is 202 g/mol. The molecule has 5 nitrogen and oxygen atoms in total. The summed E-state index contributed by atoms with van der Waals surface area (Å²) in [7, 11) is 0. The van der Waals surface area contributed by atoms with E-state index in [-0.39, 0.29) is 5.69 Å². The molecule has 1 aromatic carbocycles. The third-order valence-electron chi connectivity index (χ3n) is 1.93. The maximum absolute atomic E-state index is 11.2. The minimum absolute atomic E-state index is 0.334. The minimum Gasteiger partial charge on any atom is -0.244 e.